The predicted octanol–water partition coefficient (Wildman–Crippen LogP) is 2.34. The lowest BCUT2D eigenvalue weighted by Gasteiger charge is -2.19. The molecule has 2 fully saturated rings. The Morgan fingerprint density at radius 3 is 2.84 bits per heavy atom. The van der Waals surface area contributed by atoms with Crippen LogP contribution in [0.4, 0.5) is 5.69 Å². The Morgan fingerprint density at radius 2 is 2.16 bits per heavy atom. The molecule has 1 aromatic rings. The predicted molar refractivity (Wildman–Crippen MR) is 74.8 cm³/mol. The summed E-state index contributed by atoms with van der Waals surface area (Å²) < 4.78 is 0. The highest BCUT2D eigenvalue weighted by atomic mass is 16.4. The molecule has 3 rings (SSSR count). The van der Waals surface area contributed by atoms with Crippen LogP contribution in [0.2, 0.25) is 0 Å². The van der Waals surface area contributed by atoms with Gasteiger partial charge in [0.25, 0.3) is 0 Å². The molecule has 0 amide bonds. The van der Waals surface area contributed by atoms with Gasteiger partial charge in [0.05, 0.1) is 11.3 Å². The molecule has 1 aliphatic carbocycles. The highest BCUT2D eigenvalue weighted by Crippen LogP contribution is 2.31. The maximum atomic E-state index is 11.3. The van der Waals surface area contributed by atoms with Crippen molar-refractivity contribution in [3.05, 3.63) is 29.3 Å². The van der Waals surface area contributed by atoms with E-state index >= 15 is 0 Å². The van der Waals surface area contributed by atoms with Crippen LogP contribution in [0, 0.1) is 6.92 Å². The number of likely N-dealkylation sites (tertiary alicyclic amines) is 1. The van der Waals surface area contributed by atoms with Gasteiger partial charge in [0.2, 0.25) is 0 Å². The largest absolute Gasteiger partial charge is 0.478 e. The lowest BCUT2D eigenvalue weighted by Crippen LogP contribution is -2.28. The number of aromatic carboxylic acids is 1. The van der Waals surface area contributed by atoms with E-state index in [1.165, 1.54) is 12.8 Å². The second-order valence-electron chi connectivity index (χ2n) is 5.66. The maximum absolute atomic E-state index is 11.3. The Bertz CT molecular complexity index is 497. The monoisotopic (exact) mass is 260 g/mol. The third-order valence-corrected chi connectivity index (χ3v) is 4.13. The van der Waals surface area contributed by atoms with Crippen LogP contribution in [0.3, 0.4) is 0 Å². The summed E-state index contributed by atoms with van der Waals surface area (Å²) in [7, 11) is 0. The molecule has 4 nitrogen and oxygen atoms in total. The zero-order valence-corrected chi connectivity index (χ0v) is 11.2. The Morgan fingerprint density at radius 1 is 1.37 bits per heavy atom. The SMILES string of the molecule is Cc1cccc(C(=O)O)c1NC1CCN(C2CC2)C1. The normalized spacial score (nSPS) is 23.5. The molecule has 1 saturated carbocycles. The molecule has 1 aliphatic heterocycles. The summed E-state index contributed by atoms with van der Waals surface area (Å²) in [6.07, 6.45) is 3.76. The molecule has 1 unspecified atom stereocenters. The first-order valence-electron chi connectivity index (χ1n) is 6.98. The average Bonchev–Trinajstić information content (AvgIpc) is 3.12. The van der Waals surface area contributed by atoms with Gasteiger partial charge in [-0.15, -0.1) is 0 Å². The third kappa shape index (κ3) is 2.59. The molecule has 4 heteroatoms. The van der Waals surface area contributed by atoms with Crippen LogP contribution in [-0.4, -0.2) is 41.1 Å². The number of carboxylic acid groups (broad SMARTS) is 1. The molecule has 2 aliphatic rings. The minimum Gasteiger partial charge on any atom is -0.478 e. The molecule has 1 saturated heterocycles. The molecular weight excluding hydrogens is 240 g/mol. The molecule has 1 atom stereocenters. The van der Waals surface area contributed by atoms with Crippen LogP contribution in [0.5, 0.6) is 0 Å². The van der Waals surface area contributed by atoms with Crippen molar-refractivity contribution in [2.24, 2.45) is 0 Å². The zero-order chi connectivity index (χ0) is 13.4. The summed E-state index contributed by atoms with van der Waals surface area (Å²) in [4.78, 5) is 13.8. The van der Waals surface area contributed by atoms with Crippen molar-refractivity contribution in [2.75, 3.05) is 18.4 Å². The highest BCUT2D eigenvalue weighted by Gasteiger charge is 2.34. The quantitative estimate of drug-likeness (QED) is 0.872. The van der Waals surface area contributed by atoms with Gasteiger partial charge >= 0.3 is 5.97 Å². The van der Waals surface area contributed by atoms with Gasteiger partial charge in [-0.1, -0.05) is 12.1 Å². The second-order valence-corrected chi connectivity index (χ2v) is 5.66. The summed E-state index contributed by atoms with van der Waals surface area (Å²) in [6, 6.07) is 6.60. The van der Waals surface area contributed by atoms with Crippen LogP contribution in [0.15, 0.2) is 18.2 Å². The highest BCUT2D eigenvalue weighted by molar-refractivity contribution is 5.95. The van der Waals surface area contributed by atoms with Crippen molar-refractivity contribution >= 4 is 11.7 Å². The van der Waals surface area contributed by atoms with E-state index in [0.29, 0.717) is 11.6 Å². The number of nitrogens with zero attached hydrogens (tertiary/aromatic N) is 1. The maximum Gasteiger partial charge on any atom is 0.337 e. The fourth-order valence-electron chi connectivity index (χ4n) is 2.92. The van der Waals surface area contributed by atoms with Crippen molar-refractivity contribution in [3.63, 3.8) is 0 Å². The number of nitrogens with one attached hydrogen (secondary N) is 1. The van der Waals surface area contributed by atoms with E-state index in [9.17, 15) is 9.90 Å². The number of benzene rings is 1. The van der Waals surface area contributed by atoms with Gasteiger partial charge in [0.1, 0.15) is 0 Å². The van der Waals surface area contributed by atoms with Crippen LogP contribution < -0.4 is 5.32 Å². The molecule has 0 aromatic heterocycles. The second kappa shape index (κ2) is 4.85. The Balaban J connectivity index is 1.74. The summed E-state index contributed by atoms with van der Waals surface area (Å²) >= 11 is 0. The minimum absolute atomic E-state index is 0.375. The summed E-state index contributed by atoms with van der Waals surface area (Å²) in [5.41, 5.74) is 2.17. The first-order chi connectivity index (χ1) is 9.15. The minimum atomic E-state index is -0.858. The molecule has 19 heavy (non-hydrogen) atoms. The lowest BCUT2D eigenvalue weighted by atomic mass is 10.1. The van der Waals surface area contributed by atoms with Crippen molar-refractivity contribution in [1.82, 2.24) is 4.90 Å². The third-order valence-electron chi connectivity index (χ3n) is 4.13. The van der Waals surface area contributed by atoms with Gasteiger partial charge in [-0.05, 0) is 37.8 Å². The first-order valence-corrected chi connectivity index (χ1v) is 6.98. The smallest absolute Gasteiger partial charge is 0.337 e. The van der Waals surface area contributed by atoms with Crippen molar-refractivity contribution in [3.8, 4) is 0 Å². The van der Waals surface area contributed by atoms with Gasteiger partial charge < -0.3 is 10.4 Å². The first kappa shape index (κ1) is 12.5. The summed E-state index contributed by atoms with van der Waals surface area (Å²) in [5.74, 6) is -0.858. The van der Waals surface area contributed by atoms with E-state index in [0.717, 1.165) is 36.8 Å². The van der Waals surface area contributed by atoms with E-state index in [2.05, 4.69) is 10.2 Å². The van der Waals surface area contributed by atoms with Crippen LogP contribution in [0.1, 0.15) is 35.2 Å². The molecule has 0 bridgehead atoms. The molecule has 1 aromatic carbocycles. The Labute approximate surface area is 113 Å². The number of hydrogen-bond acceptors (Lipinski definition) is 3. The van der Waals surface area contributed by atoms with Crippen LogP contribution in [-0.2, 0) is 0 Å². The summed E-state index contributed by atoms with van der Waals surface area (Å²) in [6.45, 7) is 4.14. The molecule has 102 valence electrons. The number of aryl methyl sites for hydroxylation is 1. The van der Waals surface area contributed by atoms with E-state index in [-0.39, 0.29) is 0 Å². The number of carboxylic acids is 1. The average molecular weight is 260 g/mol. The Hall–Kier alpha value is -1.55. The number of anilines is 1. The van der Waals surface area contributed by atoms with Gasteiger partial charge in [0.15, 0.2) is 0 Å². The van der Waals surface area contributed by atoms with Gasteiger partial charge in [-0.25, -0.2) is 4.79 Å². The molecular formula is C15H20N2O2. The van der Waals surface area contributed by atoms with E-state index in [4.69, 9.17) is 0 Å². The van der Waals surface area contributed by atoms with E-state index in [1.54, 1.807) is 12.1 Å². The van der Waals surface area contributed by atoms with Crippen molar-refractivity contribution in [1.29, 1.82) is 0 Å². The van der Waals surface area contributed by atoms with E-state index < -0.39 is 5.97 Å². The Kier molecular flexibility index (Phi) is 3.19. The van der Waals surface area contributed by atoms with Gasteiger partial charge in [-0.2, -0.15) is 0 Å². The number of para-hydroxylation sites is 1. The lowest BCUT2D eigenvalue weighted by molar-refractivity contribution is 0.0698. The van der Waals surface area contributed by atoms with Crippen molar-refractivity contribution < 1.29 is 9.90 Å². The number of carbonyl (C=O) groups is 1. The van der Waals surface area contributed by atoms with Crippen LogP contribution >= 0.6 is 0 Å². The van der Waals surface area contributed by atoms with Gasteiger partial charge in [-0.3, -0.25) is 4.90 Å². The van der Waals surface area contributed by atoms with Gasteiger partial charge in [0, 0.05) is 25.2 Å². The fraction of sp³-hybridized carbons (Fsp3) is 0.533. The molecule has 1 heterocycles. The topological polar surface area (TPSA) is 52.6 Å². The standard InChI is InChI=1S/C15H20N2O2/c1-10-3-2-4-13(15(18)19)14(10)16-11-7-8-17(9-11)12-5-6-12/h2-4,11-12,16H,5-9H2,1H3,(H,18,19). The molecule has 0 spiro atoms. The number of hydrogen-bond donors (Lipinski definition) is 2. The summed E-state index contributed by atoms with van der Waals surface area (Å²) in [5, 5.41) is 12.7. The number of rotatable bonds is 4. The molecule has 2 N–H and O–H groups in total. The van der Waals surface area contributed by atoms with Crippen molar-refractivity contribution in [2.45, 2.75) is 38.3 Å². The van der Waals surface area contributed by atoms with E-state index in [1.807, 2.05) is 13.0 Å². The zero-order valence-electron chi connectivity index (χ0n) is 11.2. The molecule has 0 radical (unpaired) electrons. The fourth-order valence-corrected chi connectivity index (χ4v) is 2.92. The van der Waals surface area contributed by atoms with Crippen LogP contribution in [0.25, 0.3) is 0 Å².